The van der Waals surface area contributed by atoms with Gasteiger partial charge in [0.1, 0.15) is 11.5 Å². The molecule has 3 nitrogen and oxygen atoms in total. The normalized spacial score (nSPS) is 13.6. The maximum atomic E-state index is 11.7. The van der Waals surface area contributed by atoms with Gasteiger partial charge in [-0.3, -0.25) is 4.79 Å². The van der Waals surface area contributed by atoms with Crippen LogP contribution >= 0.6 is 31.8 Å². The van der Waals surface area contributed by atoms with Gasteiger partial charge in [-0.25, -0.2) is 0 Å². The molecule has 6 heteroatoms. The van der Waals surface area contributed by atoms with E-state index in [0.717, 1.165) is 20.6 Å². The molecule has 2 rings (SSSR count). The minimum atomic E-state index is 0.0850. The number of hydrogen-bond donors (Lipinski definition) is 1. The van der Waals surface area contributed by atoms with E-state index in [0.29, 0.717) is 39.5 Å². The molecular formula is C20H24Cl2NO2P. The summed E-state index contributed by atoms with van der Waals surface area (Å²) in [6, 6.07) is 13.1. The van der Waals surface area contributed by atoms with E-state index in [9.17, 15) is 4.79 Å². The summed E-state index contributed by atoms with van der Waals surface area (Å²) in [5.74, 6) is 1.66. The first-order valence-electron chi connectivity index (χ1n) is 8.52. The summed E-state index contributed by atoms with van der Waals surface area (Å²) in [4.78, 5) is 11.7. The van der Waals surface area contributed by atoms with E-state index >= 15 is 0 Å². The third-order valence-electron chi connectivity index (χ3n) is 4.32. The van der Waals surface area contributed by atoms with Crippen molar-refractivity contribution in [3.05, 3.63) is 58.1 Å². The Morgan fingerprint density at radius 3 is 2.65 bits per heavy atom. The number of rotatable bonds is 8. The van der Waals surface area contributed by atoms with Crippen molar-refractivity contribution >= 4 is 37.7 Å². The highest BCUT2D eigenvalue weighted by Crippen LogP contribution is 2.34. The fourth-order valence-corrected chi connectivity index (χ4v) is 4.25. The van der Waals surface area contributed by atoms with Crippen molar-refractivity contribution in [2.24, 2.45) is 5.92 Å². The largest absolute Gasteiger partial charge is 0.456 e. The van der Waals surface area contributed by atoms with E-state index in [2.05, 4.69) is 18.9 Å². The number of nitrogens with one attached hydrogen (secondary N) is 1. The van der Waals surface area contributed by atoms with Crippen LogP contribution < -0.4 is 10.1 Å². The molecule has 2 aromatic rings. The molecule has 0 aromatic heterocycles. The van der Waals surface area contributed by atoms with Gasteiger partial charge in [0, 0.05) is 18.5 Å². The number of halogens is 2. The number of carbonyl (C=O) groups is 1. The van der Waals surface area contributed by atoms with Crippen LogP contribution in [0.2, 0.25) is 10.0 Å². The summed E-state index contributed by atoms with van der Waals surface area (Å²) in [6.07, 6.45) is 1.43. The minimum absolute atomic E-state index is 0.0850. The van der Waals surface area contributed by atoms with Crippen LogP contribution in [0, 0.1) is 5.92 Å². The fourth-order valence-electron chi connectivity index (χ4n) is 2.79. The molecule has 0 fully saturated rings. The smallest absolute Gasteiger partial charge is 0.220 e. The Morgan fingerprint density at radius 1 is 1.23 bits per heavy atom. The highest BCUT2D eigenvalue weighted by molar-refractivity contribution is 7.37. The van der Waals surface area contributed by atoms with Crippen molar-refractivity contribution < 1.29 is 9.53 Å². The Kier molecular flexibility index (Phi) is 8.21. The van der Waals surface area contributed by atoms with Crippen LogP contribution in [0.5, 0.6) is 11.5 Å². The molecule has 2 aromatic carbocycles. The molecule has 0 bridgehead atoms. The van der Waals surface area contributed by atoms with Crippen LogP contribution in [0.4, 0.5) is 0 Å². The molecule has 0 radical (unpaired) electrons. The van der Waals surface area contributed by atoms with Gasteiger partial charge in [-0.05, 0) is 60.6 Å². The zero-order chi connectivity index (χ0) is 19.1. The minimum Gasteiger partial charge on any atom is -0.456 e. The zero-order valence-electron chi connectivity index (χ0n) is 15.2. The van der Waals surface area contributed by atoms with Crippen molar-refractivity contribution in [2.45, 2.75) is 25.4 Å². The molecule has 1 amide bonds. The summed E-state index contributed by atoms with van der Waals surface area (Å²) in [6.45, 7) is 4.32. The molecule has 140 valence electrons. The molecule has 0 aliphatic rings. The monoisotopic (exact) mass is 411 g/mol. The molecule has 3 atom stereocenters. The lowest BCUT2D eigenvalue weighted by Gasteiger charge is -2.22. The van der Waals surface area contributed by atoms with Gasteiger partial charge < -0.3 is 10.1 Å². The van der Waals surface area contributed by atoms with Gasteiger partial charge in [-0.15, -0.1) is 8.58 Å². The molecule has 0 aliphatic carbocycles. The van der Waals surface area contributed by atoms with Gasteiger partial charge >= 0.3 is 0 Å². The first-order chi connectivity index (χ1) is 12.4. The number of benzene rings is 2. The van der Waals surface area contributed by atoms with Crippen LogP contribution in [-0.2, 0) is 11.2 Å². The molecule has 0 saturated carbocycles. The van der Waals surface area contributed by atoms with Crippen LogP contribution in [0.3, 0.4) is 0 Å². The van der Waals surface area contributed by atoms with Crippen molar-refractivity contribution in [2.75, 3.05) is 13.7 Å². The summed E-state index contributed by atoms with van der Waals surface area (Å²) in [5, 5.41) is 3.88. The number of carbonyl (C=O) groups excluding carboxylic acids is 1. The van der Waals surface area contributed by atoms with Crippen LogP contribution in [0.15, 0.2) is 42.5 Å². The maximum absolute atomic E-state index is 11.7. The van der Waals surface area contributed by atoms with Crippen LogP contribution in [0.25, 0.3) is 0 Å². The SMILES string of the molecule is CNC(=O)CC(C)C(Cc1ccc(Cl)c(Oc2cccc(Cl)c2)c1)PC. The van der Waals surface area contributed by atoms with Crippen molar-refractivity contribution in [3.8, 4) is 11.5 Å². The Bertz CT molecular complexity index is 754. The van der Waals surface area contributed by atoms with E-state index in [1.165, 1.54) is 0 Å². The third kappa shape index (κ3) is 6.16. The highest BCUT2D eigenvalue weighted by atomic mass is 35.5. The van der Waals surface area contributed by atoms with E-state index < -0.39 is 0 Å². The summed E-state index contributed by atoms with van der Waals surface area (Å²) in [7, 11) is 2.43. The predicted octanol–water partition coefficient (Wildman–Crippen LogP) is 5.78. The van der Waals surface area contributed by atoms with Gasteiger partial charge in [-0.1, -0.05) is 42.3 Å². The Labute approximate surface area is 167 Å². The van der Waals surface area contributed by atoms with Crippen molar-refractivity contribution in [1.82, 2.24) is 5.32 Å². The molecule has 0 spiro atoms. The van der Waals surface area contributed by atoms with Crippen LogP contribution in [-0.4, -0.2) is 25.3 Å². The second-order valence-electron chi connectivity index (χ2n) is 6.28. The third-order valence-corrected chi connectivity index (χ3v) is 6.38. The predicted molar refractivity (Wildman–Crippen MR) is 113 cm³/mol. The van der Waals surface area contributed by atoms with Crippen LogP contribution in [0.1, 0.15) is 18.9 Å². The Hall–Kier alpha value is -1.28. The Morgan fingerprint density at radius 2 is 2.00 bits per heavy atom. The number of ether oxygens (including phenoxy) is 1. The Balaban J connectivity index is 2.13. The van der Waals surface area contributed by atoms with Crippen molar-refractivity contribution in [3.63, 3.8) is 0 Å². The lowest BCUT2D eigenvalue weighted by atomic mass is 9.97. The molecule has 0 aliphatic heterocycles. The topological polar surface area (TPSA) is 38.3 Å². The van der Waals surface area contributed by atoms with Crippen molar-refractivity contribution in [1.29, 1.82) is 0 Å². The average Bonchev–Trinajstić information content (AvgIpc) is 2.62. The summed E-state index contributed by atoms with van der Waals surface area (Å²) < 4.78 is 5.91. The molecule has 0 saturated heterocycles. The number of amides is 1. The van der Waals surface area contributed by atoms with E-state index in [4.69, 9.17) is 27.9 Å². The lowest BCUT2D eigenvalue weighted by molar-refractivity contribution is -0.121. The lowest BCUT2D eigenvalue weighted by Crippen LogP contribution is -2.25. The second kappa shape index (κ2) is 10.2. The van der Waals surface area contributed by atoms with Gasteiger partial charge in [-0.2, -0.15) is 0 Å². The number of hydrogen-bond acceptors (Lipinski definition) is 2. The summed E-state index contributed by atoms with van der Waals surface area (Å²) >= 11 is 12.3. The van der Waals surface area contributed by atoms with Gasteiger partial charge in [0.25, 0.3) is 0 Å². The quantitative estimate of drug-likeness (QED) is 0.559. The fraction of sp³-hybridized carbons (Fsp3) is 0.350. The highest BCUT2D eigenvalue weighted by Gasteiger charge is 2.19. The molecule has 0 heterocycles. The van der Waals surface area contributed by atoms with E-state index in [-0.39, 0.29) is 5.91 Å². The van der Waals surface area contributed by atoms with Gasteiger partial charge in [0.15, 0.2) is 0 Å². The van der Waals surface area contributed by atoms with Gasteiger partial charge in [0.05, 0.1) is 5.02 Å². The van der Waals surface area contributed by atoms with E-state index in [1.807, 2.05) is 30.3 Å². The van der Waals surface area contributed by atoms with E-state index in [1.54, 1.807) is 19.2 Å². The first-order valence-corrected chi connectivity index (χ1v) is 10.9. The second-order valence-corrected chi connectivity index (χ2v) is 8.44. The van der Waals surface area contributed by atoms with Gasteiger partial charge in [0.2, 0.25) is 5.91 Å². The zero-order valence-corrected chi connectivity index (χ0v) is 17.7. The standard InChI is InChI=1S/C20H24Cl2NO2P/c1-13(9-20(24)23-2)19(26-3)11-14-7-8-17(22)18(10-14)25-16-6-4-5-15(21)12-16/h4-8,10,12-13,19,26H,9,11H2,1-3H3,(H,23,24). The molecule has 26 heavy (non-hydrogen) atoms. The molecule has 3 unspecified atom stereocenters. The summed E-state index contributed by atoms with van der Waals surface area (Å²) in [5.41, 5.74) is 1.59. The molecule has 1 N–H and O–H groups in total. The maximum Gasteiger partial charge on any atom is 0.220 e. The molecular weight excluding hydrogens is 388 g/mol. The average molecular weight is 412 g/mol. The first kappa shape index (κ1) is 21.0.